The van der Waals surface area contributed by atoms with Gasteiger partial charge in [0.2, 0.25) is 0 Å². The maximum absolute atomic E-state index is 11.5. The van der Waals surface area contributed by atoms with Crippen molar-refractivity contribution in [1.29, 1.82) is 0 Å². The molecule has 0 radical (unpaired) electrons. The van der Waals surface area contributed by atoms with Crippen LogP contribution in [0.5, 0.6) is 0 Å². The summed E-state index contributed by atoms with van der Waals surface area (Å²) < 4.78 is 0. The SMILES string of the molecule is O=C(N[C@H](CO)C(=O)O)C(O)c1ccccc1. The Kier molecular flexibility index (Phi) is 4.62. The Bertz CT molecular complexity index is 392. The molecule has 17 heavy (non-hydrogen) atoms. The number of aliphatic hydroxyl groups excluding tert-OH is 2. The Labute approximate surface area is 97.5 Å². The van der Waals surface area contributed by atoms with Gasteiger partial charge in [-0.2, -0.15) is 0 Å². The first-order valence-electron chi connectivity index (χ1n) is 4.93. The van der Waals surface area contributed by atoms with E-state index in [1.807, 2.05) is 5.32 Å². The number of amides is 1. The smallest absolute Gasteiger partial charge is 0.328 e. The fraction of sp³-hybridized carbons (Fsp3) is 0.273. The monoisotopic (exact) mass is 239 g/mol. The van der Waals surface area contributed by atoms with Crippen LogP contribution < -0.4 is 5.32 Å². The van der Waals surface area contributed by atoms with E-state index in [0.29, 0.717) is 5.56 Å². The standard InChI is InChI=1S/C11H13NO5/c13-6-8(11(16)17)12-10(15)9(14)7-4-2-1-3-5-7/h1-5,8-9,13-14H,6H2,(H,12,15)(H,16,17)/t8-,9?/m1/s1. The quantitative estimate of drug-likeness (QED) is 0.542. The summed E-state index contributed by atoms with van der Waals surface area (Å²) in [5.41, 5.74) is 0.354. The second-order valence-corrected chi connectivity index (χ2v) is 3.40. The lowest BCUT2D eigenvalue weighted by atomic mass is 10.1. The van der Waals surface area contributed by atoms with Crippen molar-refractivity contribution in [3.63, 3.8) is 0 Å². The average Bonchev–Trinajstić information content (AvgIpc) is 2.35. The Balaban J connectivity index is 2.68. The molecule has 6 heteroatoms. The number of carbonyl (C=O) groups excluding carboxylic acids is 1. The van der Waals surface area contributed by atoms with Crippen LogP contribution in [-0.4, -0.2) is 39.8 Å². The second kappa shape index (κ2) is 5.97. The number of carboxylic acid groups (broad SMARTS) is 1. The molecule has 1 aromatic carbocycles. The molecule has 1 unspecified atom stereocenters. The minimum Gasteiger partial charge on any atom is -0.480 e. The highest BCUT2D eigenvalue weighted by Crippen LogP contribution is 2.11. The maximum Gasteiger partial charge on any atom is 0.328 e. The number of hydrogen-bond acceptors (Lipinski definition) is 4. The largest absolute Gasteiger partial charge is 0.480 e. The van der Waals surface area contributed by atoms with Crippen LogP contribution in [0.2, 0.25) is 0 Å². The van der Waals surface area contributed by atoms with Gasteiger partial charge in [0.1, 0.15) is 6.04 Å². The molecule has 92 valence electrons. The molecule has 6 nitrogen and oxygen atoms in total. The molecule has 0 aromatic heterocycles. The number of carbonyl (C=O) groups is 2. The van der Waals surface area contributed by atoms with Gasteiger partial charge in [-0.25, -0.2) is 4.79 Å². The van der Waals surface area contributed by atoms with Crippen molar-refractivity contribution in [1.82, 2.24) is 5.32 Å². The lowest BCUT2D eigenvalue weighted by Crippen LogP contribution is -2.45. The van der Waals surface area contributed by atoms with E-state index in [9.17, 15) is 14.7 Å². The molecule has 1 amide bonds. The van der Waals surface area contributed by atoms with E-state index in [1.54, 1.807) is 30.3 Å². The van der Waals surface area contributed by atoms with Gasteiger partial charge in [0.05, 0.1) is 6.61 Å². The number of carboxylic acids is 1. The van der Waals surface area contributed by atoms with Crippen LogP contribution in [0.15, 0.2) is 30.3 Å². The van der Waals surface area contributed by atoms with Crippen molar-refractivity contribution in [2.24, 2.45) is 0 Å². The van der Waals surface area contributed by atoms with Crippen LogP contribution in [0.25, 0.3) is 0 Å². The van der Waals surface area contributed by atoms with E-state index in [2.05, 4.69) is 0 Å². The first-order valence-corrected chi connectivity index (χ1v) is 4.93. The van der Waals surface area contributed by atoms with Crippen LogP contribution in [0.1, 0.15) is 11.7 Å². The maximum atomic E-state index is 11.5. The summed E-state index contributed by atoms with van der Waals surface area (Å²) >= 11 is 0. The van der Waals surface area contributed by atoms with Gasteiger partial charge < -0.3 is 20.6 Å². The third-order valence-electron chi connectivity index (χ3n) is 2.16. The molecule has 0 spiro atoms. The molecular weight excluding hydrogens is 226 g/mol. The van der Waals surface area contributed by atoms with Crippen LogP contribution in [0, 0.1) is 0 Å². The van der Waals surface area contributed by atoms with E-state index < -0.39 is 30.6 Å². The van der Waals surface area contributed by atoms with Crippen molar-refractivity contribution in [3.05, 3.63) is 35.9 Å². The Hall–Kier alpha value is -1.92. The van der Waals surface area contributed by atoms with Crippen LogP contribution in [-0.2, 0) is 9.59 Å². The molecule has 0 bridgehead atoms. The number of nitrogens with one attached hydrogen (secondary N) is 1. The normalized spacial score (nSPS) is 13.8. The molecule has 0 heterocycles. The van der Waals surface area contributed by atoms with Gasteiger partial charge in [0, 0.05) is 0 Å². The van der Waals surface area contributed by atoms with Gasteiger partial charge in [0.15, 0.2) is 6.10 Å². The van der Waals surface area contributed by atoms with Crippen molar-refractivity contribution >= 4 is 11.9 Å². The lowest BCUT2D eigenvalue weighted by molar-refractivity contribution is -0.144. The predicted octanol–water partition coefficient (Wildman–Crippen LogP) is -0.718. The van der Waals surface area contributed by atoms with Crippen LogP contribution in [0.3, 0.4) is 0 Å². The predicted molar refractivity (Wildman–Crippen MR) is 58.1 cm³/mol. The summed E-state index contributed by atoms with van der Waals surface area (Å²) in [4.78, 5) is 22.1. The number of hydrogen-bond donors (Lipinski definition) is 4. The molecule has 0 aliphatic heterocycles. The Morgan fingerprint density at radius 3 is 2.29 bits per heavy atom. The number of aliphatic carboxylic acids is 1. The molecular formula is C11H13NO5. The second-order valence-electron chi connectivity index (χ2n) is 3.40. The highest BCUT2D eigenvalue weighted by Gasteiger charge is 2.23. The van der Waals surface area contributed by atoms with Gasteiger partial charge in [-0.05, 0) is 5.56 Å². The van der Waals surface area contributed by atoms with Crippen molar-refractivity contribution < 1.29 is 24.9 Å². The first kappa shape index (κ1) is 13.1. The summed E-state index contributed by atoms with van der Waals surface area (Å²) in [6.07, 6.45) is -1.45. The van der Waals surface area contributed by atoms with Crippen LogP contribution in [0.4, 0.5) is 0 Å². The molecule has 0 aliphatic rings. The van der Waals surface area contributed by atoms with Gasteiger partial charge in [-0.3, -0.25) is 4.79 Å². The number of benzene rings is 1. The fourth-order valence-electron chi connectivity index (χ4n) is 1.22. The molecule has 4 N–H and O–H groups in total. The molecule has 2 atom stereocenters. The van der Waals surface area contributed by atoms with Crippen LogP contribution >= 0.6 is 0 Å². The molecule has 0 fully saturated rings. The molecule has 1 rings (SSSR count). The van der Waals surface area contributed by atoms with E-state index in [4.69, 9.17) is 10.2 Å². The van der Waals surface area contributed by atoms with Gasteiger partial charge >= 0.3 is 5.97 Å². The van der Waals surface area contributed by atoms with E-state index >= 15 is 0 Å². The topological polar surface area (TPSA) is 107 Å². The minimum absolute atomic E-state index is 0.354. The summed E-state index contributed by atoms with van der Waals surface area (Å²) in [6.45, 7) is -0.734. The third kappa shape index (κ3) is 3.54. The van der Waals surface area contributed by atoms with Crippen molar-refractivity contribution in [2.45, 2.75) is 12.1 Å². The van der Waals surface area contributed by atoms with E-state index in [0.717, 1.165) is 0 Å². The summed E-state index contributed by atoms with van der Waals surface area (Å²) in [6, 6.07) is 6.68. The molecule has 1 aromatic rings. The third-order valence-corrected chi connectivity index (χ3v) is 2.16. The molecule has 0 saturated heterocycles. The zero-order valence-corrected chi connectivity index (χ0v) is 8.91. The minimum atomic E-state index is -1.45. The number of aliphatic hydroxyl groups is 2. The summed E-state index contributed by atoms with van der Waals surface area (Å²) in [7, 11) is 0. The summed E-state index contributed by atoms with van der Waals surface area (Å²) in [5.74, 6) is -2.22. The van der Waals surface area contributed by atoms with Crippen molar-refractivity contribution in [2.75, 3.05) is 6.61 Å². The van der Waals surface area contributed by atoms with Gasteiger partial charge in [0.25, 0.3) is 5.91 Å². The van der Waals surface area contributed by atoms with E-state index in [-0.39, 0.29) is 0 Å². The zero-order chi connectivity index (χ0) is 12.8. The zero-order valence-electron chi connectivity index (χ0n) is 8.91. The van der Waals surface area contributed by atoms with Gasteiger partial charge in [-0.1, -0.05) is 30.3 Å². The summed E-state index contributed by atoms with van der Waals surface area (Å²) in [5, 5.41) is 29.0. The lowest BCUT2D eigenvalue weighted by Gasteiger charge is -2.15. The van der Waals surface area contributed by atoms with E-state index in [1.165, 1.54) is 0 Å². The average molecular weight is 239 g/mol. The number of rotatable bonds is 5. The molecule has 0 saturated carbocycles. The first-order chi connectivity index (χ1) is 8.06. The Morgan fingerprint density at radius 1 is 1.24 bits per heavy atom. The molecule has 0 aliphatic carbocycles. The fourth-order valence-corrected chi connectivity index (χ4v) is 1.22. The Morgan fingerprint density at radius 2 is 1.82 bits per heavy atom. The highest BCUT2D eigenvalue weighted by molar-refractivity contribution is 5.86. The van der Waals surface area contributed by atoms with Gasteiger partial charge in [-0.15, -0.1) is 0 Å². The van der Waals surface area contributed by atoms with Crippen molar-refractivity contribution in [3.8, 4) is 0 Å². The highest BCUT2D eigenvalue weighted by atomic mass is 16.4.